The quantitative estimate of drug-likeness (QED) is 0.144. The lowest BCUT2D eigenvalue weighted by Gasteiger charge is -2.68. The van der Waals surface area contributed by atoms with E-state index in [2.05, 4.69) is 98.2 Å². The minimum absolute atomic E-state index is 0.0160. The second-order valence-corrected chi connectivity index (χ2v) is 87.7. The molecule has 1 aromatic carbocycles. The molecule has 1 saturated heterocycles. The number of fused-ring (bicyclic) bond motifs is 5. The molecule has 2 bridgehead atoms. The summed E-state index contributed by atoms with van der Waals surface area (Å²) in [5.41, 5.74) is -3.84. The summed E-state index contributed by atoms with van der Waals surface area (Å²) < 4.78 is 34.2. The molecule has 0 radical (unpaired) electrons. The number of hydrogen-bond donors (Lipinski definition) is 1. The van der Waals surface area contributed by atoms with Crippen LogP contribution in [0.2, 0.25) is 0 Å². The number of ketones is 1. The van der Waals surface area contributed by atoms with E-state index in [9.17, 15) is 14.7 Å². The summed E-state index contributed by atoms with van der Waals surface area (Å²) in [5.74, 6) is -2.14. The van der Waals surface area contributed by atoms with Crippen LogP contribution in [0, 0.1) is 16.7 Å². The predicted molar refractivity (Wildman–Crippen MR) is 301 cm³/mol. The summed E-state index contributed by atoms with van der Waals surface area (Å²) in [6.07, 6.45) is -2.64. The molecular weight excluding hydrogens is 1110 g/mol. The Morgan fingerprint density at radius 3 is 1.91 bits per heavy atom. The van der Waals surface area contributed by atoms with Gasteiger partial charge in [-0.1, -0.05) is 47.9 Å². The van der Waals surface area contributed by atoms with Crippen LogP contribution in [0.4, 0.5) is 0 Å². The average molecular weight is 1170 g/mol. The number of benzene rings is 1. The normalized spacial score (nSPS) is 33.2. The van der Waals surface area contributed by atoms with Gasteiger partial charge in [0.05, 0.1) is 45.3 Å². The summed E-state index contributed by atoms with van der Waals surface area (Å²) in [6, 6.07) is 8.76. The van der Waals surface area contributed by atoms with E-state index in [1.165, 1.54) is 6.92 Å². The van der Waals surface area contributed by atoms with Crippen LogP contribution in [0.5, 0.6) is 0 Å². The molecular formula is C29H56O9P20. The molecule has 14 unspecified atom stereocenters. The van der Waals surface area contributed by atoms with Gasteiger partial charge in [-0.3, -0.25) is 9.59 Å². The van der Waals surface area contributed by atoms with Gasteiger partial charge in [-0.05, 0) is 59.6 Å². The molecule has 5 rings (SSSR count). The molecule has 1 heterocycles. The smallest absolute Gasteiger partial charge is 0.338 e. The molecule has 3 aliphatic carbocycles. The number of ether oxygens (including phenoxy) is 3. The van der Waals surface area contributed by atoms with Crippen molar-refractivity contribution in [2.75, 3.05) is 6.61 Å². The van der Waals surface area contributed by atoms with Gasteiger partial charge in [0.1, 0.15) is 17.8 Å². The van der Waals surface area contributed by atoms with Crippen molar-refractivity contribution in [3.63, 3.8) is 0 Å². The number of rotatable bonds is 14. The number of carbonyl (C=O) groups excluding carboxylic acids is 3. The van der Waals surface area contributed by atoms with Crippen molar-refractivity contribution in [3.8, 4) is 0 Å². The zero-order chi connectivity index (χ0) is 43.4. The molecule has 1 aliphatic heterocycles. The van der Waals surface area contributed by atoms with Gasteiger partial charge in [0, 0.05) is 56.6 Å². The largest absolute Gasteiger partial charge is 0.455 e. The van der Waals surface area contributed by atoms with Gasteiger partial charge < -0.3 is 28.4 Å². The maximum atomic E-state index is 15.5. The summed E-state index contributed by atoms with van der Waals surface area (Å²) in [5, 5.41) is 14.0. The van der Waals surface area contributed by atoms with E-state index in [0.29, 0.717) is 17.6 Å². The molecule has 3 fully saturated rings. The first kappa shape index (κ1) is 54.9. The van der Waals surface area contributed by atoms with Gasteiger partial charge in [0.15, 0.2) is 11.4 Å². The summed E-state index contributed by atoms with van der Waals surface area (Å²) in [6.45, 7) is 4.99. The van der Waals surface area contributed by atoms with Crippen LogP contribution in [-0.4, -0.2) is 65.1 Å². The second-order valence-electron chi connectivity index (χ2n) is 15.4. The number of carbonyl (C=O) groups is 3. The fourth-order valence-electron chi connectivity index (χ4n) is 8.92. The zero-order valence-electron chi connectivity index (χ0n) is 32.7. The maximum Gasteiger partial charge on any atom is 0.338 e. The van der Waals surface area contributed by atoms with Crippen molar-refractivity contribution in [3.05, 3.63) is 47.0 Å². The maximum absolute atomic E-state index is 15.5. The lowest BCUT2D eigenvalue weighted by atomic mass is 9.45. The minimum Gasteiger partial charge on any atom is -0.455 e. The molecule has 0 spiro atoms. The van der Waals surface area contributed by atoms with Gasteiger partial charge in [-0.2, -0.15) is 0 Å². The van der Waals surface area contributed by atoms with Crippen molar-refractivity contribution in [2.45, 2.75) is 89.5 Å². The van der Waals surface area contributed by atoms with E-state index < -0.39 is 128 Å². The fourth-order valence-corrected chi connectivity index (χ4v) is 138. The Labute approximate surface area is 379 Å². The number of esters is 2. The van der Waals surface area contributed by atoms with Crippen molar-refractivity contribution >= 4 is 180 Å². The highest BCUT2D eigenvalue weighted by atomic mass is 33.2. The minimum atomic E-state index is -1.88. The lowest BCUT2D eigenvalue weighted by molar-refractivity contribution is -0.347. The molecule has 0 amide bonds. The Bertz CT molecular complexity index is 1710. The third-order valence-corrected chi connectivity index (χ3v) is 105. The first-order valence-corrected chi connectivity index (χ1v) is 52.3. The third kappa shape index (κ3) is 11.1. The van der Waals surface area contributed by atoms with Crippen LogP contribution in [0.3, 0.4) is 0 Å². The standard InChI is InChI=1S/C29H56O9P20/c1-15-19(37-51(57(49)54(43)44)58(55(45)46)56(47)48)13-29(33)24(35-25(32)17-9-7-6-8-10-17)23-27(5,12-18(31)22(15)26(29,3)4)20(38-50(52(39)40)53(41)42)11-21-28(23,14-34-21)36-16(2)30/h6-10,19-21,23-24,33H,11-14,39-49H2,1-5H3/t19-,20-,21+,23-,24-,27+,28-,29?,51?,57?/m0/s1. The monoisotopic (exact) mass is 1170 g/mol. The Kier molecular flexibility index (Phi) is 21.2. The lowest BCUT2D eigenvalue weighted by Crippen LogP contribution is -2.80. The second kappa shape index (κ2) is 22.4. The van der Waals surface area contributed by atoms with Crippen LogP contribution in [0.25, 0.3) is 0 Å². The fraction of sp³-hybridized carbons (Fsp3) is 0.621. The van der Waals surface area contributed by atoms with E-state index in [4.69, 9.17) is 23.3 Å². The summed E-state index contributed by atoms with van der Waals surface area (Å²) in [4.78, 5) is 43.3. The Morgan fingerprint density at radius 1 is 0.845 bits per heavy atom. The number of hydrogen-bond acceptors (Lipinski definition) is 9. The SMILES string of the molecule is CC(=O)O[C@@]12CO[C@@H]1C[C@H](OP(P(P)P)P(P)P)[C@@]1(C)CC(=O)C3=C(C)[C@@H](OP(P(P)P(P)P)P(P(P)P)P(P)P)CC(O)([C@@H](OC(=O)c4ccccc4)[C@@H]12)C3(C)C. The van der Waals surface area contributed by atoms with Crippen LogP contribution in [0.1, 0.15) is 64.2 Å². The summed E-state index contributed by atoms with van der Waals surface area (Å²) in [7, 11) is 30.9. The average Bonchev–Trinajstić information content (AvgIpc) is 3.10. The van der Waals surface area contributed by atoms with Crippen LogP contribution < -0.4 is 0 Å². The highest BCUT2D eigenvalue weighted by Crippen LogP contribution is 3.17. The molecule has 58 heavy (non-hydrogen) atoms. The zero-order valence-corrected chi connectivity index (χ0v) is 53.4. The van der Waals surface area contributed by atoms with Crippen molar-refractivity contribution in [1.29, 1.82) is 0 Å². The van der Waals surface area contributed by atoms with Gasteiger partial charge >= 0.3 is 11.9 Å². The van der Waals surface area contributed by atoms with Crippen molar-refractivity contribution in [1.82, 2.24) is 0 Å². The Hall–Kier alpha value is 6.01. The molecule has 2 saturated carbocycles. The Morgan fingerprint density at radius 2 is 1.43 bits per heavy atom. The number of Topliss-reactive ketones (excluding diaryl/α,β-unsaturated/α-hetero) is 1. The van der Waals surface area contributed by atoms with E-state index in [1.54, 1.807) is 24.3 Å². The predicted octanol–water partition coefficient (Wildman–Crippen LogP) is 14.4. The number of aliphatic hydroxyl groups is 1. The first-order valence-electron chi connectivity index (χ1n) is 17.7. The van der Waals surface area contributed by atoms with E-state index in [1.807, 2.05) is 33.8 Å². The highest BCUT2D eigenvalue weighted by molar-refractivity contribution is 9.19. The molecule has 1 N–H and O–H groups in total. The van der Waals surface area contributed by atoms with Crippen molar-refractivity contribution < 1.29 is 42.7 Å². The van der Waals surface area contributed by atoms with Crippen LogP contribution in [0.15, 0.2) is 41.5 Å². The molecule has 0 aromatic heterocycles. The first-order chi connectivity index (χ1) is 26.8. The van der Waals surface area contributed by atoms with E-state index >= 15 is 4.79 Å². The van der Waals surface area contributed by atoms with E-state index in [0.717, 1.165) is 5.57 Å². The molecule has 29 heteroatoms. The molecule has 1 aromatic rings. The van der Waals surface area contributed by atoms with Gasteiger partial charge in [-0.15, -0.1) is 89.3 Å². The topological polar surface area (TPSA) is 118 Å². The van der Waals surface area contributed by atoms with Crippen molar-refractivity contribution in [2.24, 2.45) is 16.7 Å². The molecule has 9 nitrogen and oxygen atoms in total. The third-order valence-electron chi connectivity index (χ3n) is 11.5. The summed E-state index contributed by atoms with van der Waals surface area (Å²) >= 11 is 0. The Balaban J connectivity index is 1.81. The molecule has 326 valence electrons. The van der Waals surface area contributed by atoms with Gasteiger partial charge in [-0.25, -0.2) is 4.79 Å². The van der Waals surface area contributed by atoms with Crippen LogP contribution >= 0.6 is 162 Å². The highest BCUT2D eigenvalue weighted by Gasteiger charge is 2.76. The molecule has 4 aliphatic rings. The van der Waals surface area contributed by atoms with Gasteiger partial charge in [0.2, 0.25) is 0 Å². The molecule has 21 atom stereocenters. The van der Waals surface area contributed by atoms with E-state index in [-0.39, 0.29) is 25.2 Å². The van der Waals surface area contributed by atoms with Crippen LogP contribution in [-0.2, 0) is 32.8 Å². The van der Waals surface area contributed by atoms with Gasteiger partial charge in [0.25, 0.3) is 0 Å².